The van der Waals surface area contributed by atoms with Gasteiger partial charge in [-0.3, -0.25) is 4.68 Å². The highest BCUT2D eigenvalue weighted by Gasteiger charge is 2.12. The summed E-state index contributed by atoms with van der Waals surface area (Å²) in [5.41, 5.74) is 2.60. The van der Waals surface area contributed by atoms with Crippen LogP contribution in [0.25, 0.3) is 0 Å². The minimum atomic E-state index is 0.485. The molecule has 2 aromatic rings. The molecule has 0 aliphatic carbocycles. The molecule has 2 atom stereocenters. The fourth-order valence-electron chi connectivity index (χ4n) is 3.11. The maximum Gasteiger partial charge on any atom is 0.122 e. The van der Waals surface area contributed by atoms with E-state index >= 15 is 0 Å². The molecule has 0 aliphatic heterocycles. The van der Waals surface area contributed by atoms with Gasteiger partial charge in [-0.15, -0.1) is 0 Å². The Morgan fingerprint density at radius 2 is 1.54 bits per heavy atom. The summed E-state index contributed by atoms with van der Waals surface area (Å²) in [5.74, 6) is 3.43. The van der Waals surface area contributed by atoms with E-state index in [1.54, 1.807) is 14.2 Å². The highest BCUT2D eigenvalue weighted by atomic mass is 16.5. The van der Waals surface area contributed by atoms with Gasteiger partial charge in [-0.05, 0) is 53.9 Å². The van der Waals surface area contributed by atoms with Crippen LogP contribution in [0.2, 0.25) is 0 Å². The summed E-state index contributed by atoms with van der Waals surface area (Å²) < 4.78 is 12.9. The first-order chi connectivity index (χ1) is 12.4. The third-order valence-electron chi connectivity index (χ3n) is 5.21. The van der Waals surface area contributed by atoms with Crippen molar-refractivity contribution in [2.45, 2.75) is 65.3 Å². The molecule has 4 heteroatoms. The van der Waals surface area contributed by atoms with Crippen molar-refractivity contribution < 1.29 is 9.47 Å². The number of aryl methyl sites for hydroxylation is 1. The first kappa shape index (κ1) is 20.3. The van der Waals surface area contributed by atoms with Crippen molar-refractivity contribution in [3.8, 4) is 11.5 Å². The second-order valence-corrected chi connectivity index (χ2v) is 7.71. The maximum absolute atomic E-state index is 5.39. The quantitative estimate of drug-likeness (QED) is 0.552. The molecular formula is C22H34N2O2. The highest BCUT2D eigenvalue weighted by Crippen LogP contribution is 2.30. The number of methoxy groups -OCH3 is 2. The van der Waals surface area contributed by atoms with Gasteiger partial charge in [-0.25, -0.2) is 0 Å². The predicted octanol–water partition coefficient (Wildman–Crippen LogP) is 5.63. The van der Waals surface area contributed by atoms with Gasteiger partial charge in [-0.2, -0.15) is 5.10 Å². The molecule has 26 heavy (non-hydrogen) atoms. The number of nitrogens with zero attached hydrogens (tertiary/aromatic N) is 2. The van der Waals surface area contributed by atoms with Crippen LogP contribution in [0.3, 0.4) is 0 Å². The lowest BCUT2D eigenvalue weighted by Gasteiger charge is -2.17. The third-order valence-corrected chi connectivity index (χ3v) is 5.21. The van der Waals surface area contributed by atoms with Crippen LogP contribution in [0.4, 0.5) is 0 Å². The molecular weight excluding hydrogens is 324 g/mol. The standard InChI is InChI=1S/C22H34N2O2/c1-16(2)20-14-23-24(15-20)10-9-17(3)7-8-18(4)19-11-21(25-5)13-22(12-19)26-6/h11-18H,7-10H2,1-6H3. The number of ether oxygens (including phenoxy) is 2. The Morgan fingerprint density at radius 1 is 0.885 bits per heavy atom. The van der Waals surface area contributed by atoms with Crippen LogP contribution in [0.5, 0.6) is 11.5 Å². The molecule has 0 saturated heterocycles. The number of rotatable bonds is 10. The van der Waals surface area contributed by atoms with E-state index in [4.69, 9.17) is 9.47 Å². The van der Waals surface area contributed by atoms with E-state index in [-0.39, 0.29) is 0 Å². The first-order valence-electron chi connectivity index (χ1n) is 9.68. The Labute approximate surface area is 158 Å². The van der Waals surface area contributed by atoms with Crippen molar-refractivity contribution in [2.75, 3.05) is 14.2 Å². The molecule has 0 aliphatic rings. The van der Waals surface area contributed by atoms with Crippen LogP contribution >= 0.6 is 0 Å². The Hall–Kier alpha value is -1.97. The van der Waals surface area contributed by atoms with Gasteiger partial charge in [0.15, 0.2) is 0 Å². The summed E-state index contributed by atoms with van der Waals surface area (Å²) in [7, 11) is 3.40. The molecule has 2 unspecified atom stereocenters. The van der Waals surface area contributed by atoms with E-state index in [0.29, 0.717) is 17.8 Å². The van der Waals surface area contributed by atoms with Gasteiger partial charge in [0, 0.05) is 18.8 Å². The minimum Gasteiger partial charge on any atom is -0.497 e. The van der Waals surface area contributed by atoms with Crippen LogP contribution in [-0.2, 0) is 6.54 Å². The lowest BCUT2D eigenvalue weighted by Crippen LogP contribution is -2.06. The monoisotopic (exact) mass is 358 g/mol. The molecule has 0 amide bonds. The van der Waals surface area contributed by atoms with Gasteiger partial charge >= 0.3 is 0 Å². The summed E-state index contributed by atoms with van der Waals surface area (Å²) in [5, 5.41) is 4.48. The molecule has 144 valence electrons. The second kappa shape index (κ2) is 9.65. The molecule has 0 saturated carbocycles. The smallest absolute Gasteiger partial charge is 0.122 e. The lowest BCUT2D eigenvalue weighted by atomic mass is 9.91. The average molecular weight is 359 g/mol. The predicted molar refractivity (Wildman–Crippen MR) is 107 cm³/mol. The van der Waals surface area contributed by atoms with E-state index < -0.39 is 0 Å². The van der Waals surface area contributed by atoms with Gasteiger partial charge in [0.05, 0.1) is 20.4 Å². The molecule has 1 aromatic heterocycles. The second-order valence-electron chi connectivity index (χ2n) is 7.71. The summed E-state index contributed by atoms with van der Waals surface area (Å²) in [6, 6.07) is 6.17. The molecule has 4 nitrogen and oxygen atoms in total. The first-order valence-corrected chi connectivity index (χ1v) is 9.68. The Balaban J connectivity index is 1.83. The van der Waals surface area contributed by atoms with Gasteiger partial charge < -0.3 is 9.47 Å². The number of benzene rings is 1. The molecule has 0 radical (unpaired) electrons. The SMILES string of the molecule is COc1cc(OC)cc(C(C)CCC(C)CCn2cc(C(C)C)cn2)c1. The Bertz CT molecular complexity index is 656. The largest absolute Gasteiger partial charge is 0.497 e. The molecule has 1 heterocycles. The molecule has 0 spiro atoms. The van der Waals surface area contributed by atoms with Crippen LogP contribution in [0.15, 0.2) is 30.6 Å². The normalized spacial score (nSPS) is 13.7. The van der Waals surface area contributed by atoms with Crippen molar-refractivity contribution in [3.63, 3.8) is 0 Å². The highest BCUT2D eigenvalue weighted by molar-refractivity contribution is 5.39. The molecule has 0 bridgehead atoms. The van der Waals surface area contributed by atoms with Crippen molar-refractivity contribution in [1.29, 1.82) is 0 Å². The molecule has 1 aromatic carbocycles. The van der Waals surface area contributed by atoms with Crippen molar-refractivity contribution in [1.82, 2.24) is 9.78 Å². The van der Waals surface area contributed by atoms with E-state index in [2.05, 4.69) is 55.8 Å². The fourth-order valence-corrected chi connectivity index (χ4v) is 3.11. The van der Waals surface area contributed by atoms with Crippen LogP contribution in [-0.4, -0.2) is 24.0 Å². The van der Waals surface area contributed by atoms with E-state index in [1.807, 2.05) is 12.3 Å². The summed E-state index contributed by atoms with van der Waals surface area (Å²) in [6.45, 7) is 10.0. The number of hydrogen-bond acceptors (Lipinski definition) is 3. The van der Waals surface area contributed by atoms with E-state index in [0.717, 1.165) is 30.9 Å². The zero-order valence-corrected chi connectivity index (χ0v) is 17.2. The zero-order chi connectivity index (χ0) is 19.1. The number of aromatic nitrogens is 2. The van der Waals surface area contributed by atoms with Crippen LogP contribution in [0, 0.1) is 5.92 Å². The maximum atomic E-state index is 5.39. The fraction of sp³-hybridized carbons (Fsp3) is 0.591. The van der Waals surface area contributed by atoms with Gasteiger partial charge in [-0.1, -0.05) is 34.1 Å². The average Bonchev–Trinajstić information content (AvgIpc) is 3.13. The summed E-state index contributed by atoms with van der Waals surface area (Å²) in [4.78, 5) is 0. The zero-order valence-electron chi connectivity index (χ0n) is 17.2. The van der Waals surface area contributed by atoms with Gasteiger partial charge in [0.2, 0.25) is 0 Å². The Kier molecular flexibility index (Phi) is 7.55. The third kappa shape index (κ3) is 5.79. The summed E-state index contributed by atoms with van der Waals surface area (Å²) in [6.07, 6.45) is 7.70. The van der Waals surface area contributed by atoms with E-state index in [9.17, 15) is 0 Å². The number of hydrogen-bond donors (Lipinski definition) is 0. The minimum absolute atomic E-state index is 0.485. The molecule has 0 N–H and O–H groups in total. The van der Waals surface area contributed by atoms with Crippen LogP contribution in [0.1, 0.15) is 69.9 Å². The van der Waals surface area contributed by atoms with Crippen molar-refractivity contribution >= 4 is 0 Å². The summed E-state index contributed by atoms with van der Waals surface area (Å²) >= 11 is 0. The van der Waals surface area contributed by atoms with Gasteiger partial charge in [0.25, 0.3) is 0 Å². The van der Waals surface area contributed by atoms with Crippen molar-refractivity contribution in [3.05, 3.63) is 41.7 Å². The van der Waals surface area contributed by atoms with Crippen molar-refractivity contribution in [2.24, 2.45) is 5.92 Å². The van der Waals surface area contributed by atoms with Gasteiger partial charge in [0.1, 0.15) is 11.5 Å². The topological polar surface area (TPSA) is 36.3 Å². The molecule has 2 rings (SSSR count). The Morgan fingerprint density at radius 3 is 2.08 bits per heavy atom. The van der Waals surface area contributed by atoms with E-state index in [1.165, 1.54) is 17.5 Å². The van der Waals surface area contributed by atoms with Crippen LogP contribution < -0.4 is 9.47 Å². The lowest BCUT2D eigenvalue weighted by molar-refractivity contribution is 0.390. The molecule has 0 fully saturated rings.